The molecule has 0 aliphatic rings. The molecular weight excluding hydrogens is 278 g/mol. The Hall–Kier alpha value is -1.39. The van der Waals surface area contributed by atoms with E-state index in [9.17, 15) is 0 Å². The van der Waals surface area contributed by atoms with Crippen LogP contribution in [0.2, 0.25) is 0 Å². The third kappa shape index (κ3) is 4.55. The lowest BCUT2D eigenvalue weighted by atomic mass is 10.1. The van der Waals surface area contributed by atoms with E-state index in [2.05, 4.69) is 67.2 Å². The zero-order valence-electron chi connectivity index (χ0n) is 13.2. The second-order valence-electron chi connectivity index (χ2n) is 5.21. The minimum atomic E-state index is 0.300. The first-order valence-electron chi connectivity index (χ1n) is 7.35. The normalized spacial score (nSPS) is 12.4. The van der Waals surface area contributed by atoms with Gasteiger partial charge in [-0.05, 0) is 39.4 Å². The van der Waals surface area contributed by atoms with Gasteiger partial charge in [-0.15, -0.1) is 11.8 Å². The van der Waals surface area contributed by atoms with Crippen molar-refractivity contribution in [1.82, 2.24) is 15.3 Å². The number of nitrogens with one attached hydrogen (secondary N) is 1. The summed E-state index contributed by atoms with van der Waals surface area (Å²) < 4.78 is 0. The molecule has 0 fully saturated rings. The van der Waals surface area contributed by atoms with Crippen LogP contribution in [0.15, 0.2) is 35.4 Å². The Morgan fingerprint density at radius 3 is 2.76 bits per heavy atom. The number of nitrogens with zero attached hydrogens (tertiary/aromatic N) is 2. The van der Waals surface area contributed by atoms with Gasteiger partial charge in [0.1, 0.15) is 5.82 Å². The smallest absolute Gasteiger partial charge is 0.138 e. The quantitative estimate of drug-likeness (QED) is 0.817. The summed E-state index contributed by atoms with van der Waals surface area (Å²) in [6.45, 7) is 9.38. The van der Waals surface area contributed by atoms with Gasteiger partial charge in [-0.3, -0.25) is 0 Å². The molecule has 3 nitrogen and oxygen atoms in total. The highest BCUT2D eigenvalue weighted by atomic mass is 32.2. The summed E-state index contributed by atoms with van der Waals surface area (Å²) >= 11 is 1.78. The first-order valence-corrected chi connectivity index (χ1v) is 8.34. The molecule has 1 aromatic heterocycles. The summed E-state index contributed by atoms with van der Waals surface area (Å²) in [7, 11) is 0. The van der Waals surface area contributed by atoms with E-state index in [0.717, 1.165) is 23.8 Å². The fourth-order valence-electron chi connectivity index (χ4n) is 2.29. The first-order chi connectivity index (χ1) is 10.1. The maximum Gasteiger partial charge on any atom is 0.138 e. The summed E-state index contributed by atoms with van der Waals surface area (Å²) in [6.07, 6.45) is 1.96. The second kappa shape index (κ2) is 7.57. The Bertz CT molecular complexity index is 598. The largest absolute Gasteiger partial charge is 0.310 e. The Balaban J connectivity index is 2.03. The van der Waals surface area contributed by atoms with Gasteiger partial charge >= 0.3 is 0 Å². The molecule has 0 amide bonds. The van der Waals surface area contributed by atoms with E-state index in [1.165, 1.54) is 16.0 Å². The number of aryl methyl sites for hydroxylation is 2. The van der Waals surface area contributed by atoms with E-state index in [1.54, 1.807) is 11.8 Å². The topological polar surface area (TPSA) is 37.8 Å². The molecule has 1 heterocycles. The highest BCUT2D eigenvalue weighted by Crippen LogP contribution is 2.23. The fraction of sp³-hybridized carbons (Fsp3) is 0.412. The van der Waals surface area contributed by atoms with E-state index >= 15 is 0 Å². The Morgan fingerprint density at radius 2 is 2.10 bits per heavy atom. The number of rotatable bonds is 6. The summed E-state index contributed by atoms with van der Waals surface area (Å²) in [6, 6.07) is 8.83. The van der Waals surface area contributed by atoms with Crippen LogP contribution in [0, 0.1) is 13.8 Å². The molecule has 0 aliphatic heterocycles. The van der Waals surface area contributed by atoms with Gasteiger partial charge in [0.15, 0.2) is 0 Å². The number of hydrogen-bond donors (Lipinski definition) is 1. The number of thioether (sulfide) groups is 1. The van der Waals surface area contributed by atoms with Crippen LogP contribution < -0.4 is 5.32 Å². The molecule has 1 aromatic carbocycles. The maximum atomic E-state index is 4.64. The van der Waals surface area contributed by atoms with Crippen molar-refractivity contribution in [3.05, 3.63) is 53.1 Å². The Kier molecular flexibility index (Phi) is 5.76. The summed E-state index contributed by atoms with van der Waals surface area (Å²) in [5.41, 5.74) is 3.53. The van der Waals surface area contributed by atoms with Crippen LogP contribution in [-0.4, -0.2) is 16.5 Å². The van der Waals surface area contributed by atoms with Crippen LogP contribution in [0.25, 0.3) is 0 Å². The van der Waals surface area contributed by atoms with E-state index < -0.39 is 0 Å². The molecule has 0 saturated heterocycles. The molecule has 0 saturated carbocycles. The molecule has 1 N–H and O–H groups in total. The minimum Gasteiger partial charge on any atom is -0.310 e. The molecule has 1 atom stereocenters. The van der Waals surface area contributed by atoms with Gasteiger partial charge in [0.2, 0.25) is 0 Å². The predicted molar refractivity (Wildman–Crippen MR) is 89.6 cm³/mol. The third-order valence-corrected chi connectivity index (χ3v) is 4.39. The standard InChI is InChI=1S/C17H23N3S/c1-5-18-13(3)16-10-19-17(20-14(16)4)11-21-15-8-6-7-12(2)9-15/h6-10,13,18H,5,11H2,1-4H3. The third-order valence-electron chi connectivity index (χ3n) is 3.40. The second-order valence-corrected chi connectivity index (χ2v) is 6.26. The average Bonchev–Trinajstić information content (AvgIpc) is 2.45. The fourth-order valence-corrected chi connectivity index (χ4v) is 3.17. The van der Waals surface area contributed by atoms with Crippen molar-refractivity contribution in [3.8, 4) is 0 Å². The average molecular weight is 301 g/mol. The molecule has 0 bridgehead atoms. The highest BCUT2D eigenvalue weighted by Gasteiger charge is 2.10. The zero-order chi connectivity index (χ0) is 15.2. The predicted octanol–water partition coefficient (Wildman–Crippen LogP) is 4.06. The number of aromatic nitrogens is 2. The van der Waals surface area contributed by atoms with E-state index in [0.29, 0.717) is 6.04 Å². The van der Waals surface area contributed by atoms with Crippen molar-refractivity contribution in [1.29, 1.82) is 0 Å². The van der Waals surface area contributed by atoms with Crippen LogP contribution in [0.5, 0.6) is 0 Å². The van der Waals surface area contributed by atoms with Gasteiger partial charge in [-0.1, -0.05) is 24.6 Å². The van der Waals surface area contributed by atoms with Crippen molar-refractivity contribution < 1.29 is 0 Å². The summed E-state index contributed by atoms with van der Waals surface area (Å²) in [5, 5.41) is 3.40. The summed E-state index contributed by atoms with van der Waals surface area (Å²) in [4.78, 5) is 10.4. The van der Waals surface area contributed by atoms with Crippen molar-refractivity contribution in [2.24, 2.45) is 0 Å². The van der Waals surface area contributed by atoms with Crippen LogP contribution in [0.3, 0.4) is 0 Å². The molecule has 21 heavy (non-hydrogen) atoms. The van der Waals surface area contributed by atoms with Crippen molar-refractivity contribution in [2.45, 2.75) is 44.4 Å². The molecular formula is C17H23N3S. The molecule has 112 valence electrons. The Labute approximate surface area is 131 Å². The lowest BCUT2D eigenvalue weighted by molar-refractivity contribution is 0.589. The highest BCUT2D eigenvalue weighted by molar-refractivity contribution is 7.98. The molecule has 2 aromatic rings. The van der Waals surface area contributed by atoms with E-state index in [-0.39, 0.29) is 0 Å². The van der Waals surface area contributed by atoms with Gasteiger partial charge < -0.3 is 5.32 Å². The molecule has 1 unspecified atom stereocenters. The lowest BCUT2D eigenvalue weighted by Crippen LogP contribution is -2.19. The van der Waals surface area contributed by atoms with Crippen LogP contribution in [0.1, 0.15) is 42.5 Å². The molecule has 0 aliphatic carbocycles. The molecule has 0 radical (unpaired) electrons. The molecule has 2 rings (SSSR count). The van der Waals surface area contributed by atoms with E-state index in [4.69, 9.17) is 0 Å². The SMILES string of the molecule is CCNC(C)c1cnc(CSc2cccc(C)c2)nc1C. The monoisotopic (exact) mass is 301 g/mol. The maximum absolute atomic E-state index is 4.64. The van der Waals surface area contributed by atoms with Crippen molar-refractivity contribution >= 4 is 11.8 Å². The van der Waals surface area contributed by atoms with Gasteiger partial charge in [-0.25, -0.2) is 9.97 Å². The molecule has 0 spiro atoms. The van der Waals surface area contributed by atoms with Gasteiger partial charge in [-0.2, -0.15) is 0 Å². The van der Waals surface area contributed by atoms with Gasteiger partial charge in [0.25, 0.3) is 0 Å². The number of hydrogen-bond acceptors (Lipinski definition) is 4. The summed E-state index contributed by atoms with van der Waals surface area (Å²) in [5.74, 6) is 1.70. The van der Waals surface area contributed by atoms with E-state index in [1.807, 2.05) is 6.20 Å². The van der Waals surface area contributed by atoms with Gasteiger partial charge in [0, 0.05) is 28.4 Å². The zero-order valence-corrected chi connectivity index (χ0v) is 14.0. The number of benzene rings is 1. The van der Waals surface area contributed by atoms with Crippen molar-refractivity contribution in [3.63, 3.8) is 0 Å². The molecule has 4 heteroatoms. The van der Waals surface area contributed by atoms with Crippen LogP contribution in [0.4, 0.5) is 0 Å². The van der Waals surface area contributed by atoms with Crippen LogP contribution in [-0.2, 0) is 5.75 Å². The van der Waals surface area contributed by atoms with Crippen LogP contribution >= 0.6 is 11.8 Å². The Morgan fingerprint density at radius 1 is 1.29 bits per heavy atom. The lowest BCUT2D eigenvalue weighted by Gasteiger charge is -2.14. The van der Waals surface area contributed by atoms with Gasteiger partial charge in [0.05, 0.1) is 5.75 Å². The minimum absolute atomic E-state index is 0.300. The first kappa shape index (κ1) is 16.0. The van der Waals surface area contributed by atoms with Crippen molar-refractivity contribution in [2.75, 3.05) is 6.54 Å².